The van der Waals surface area contributed by atoms with Crippen LogP contribution in [0.5, 0.6) is 0 Å². The van der Waals surface area contributed by atoms with Crippen LogP contribution in [0.3, 0.4) is 0 Å². The number of anilines is 2. The van der Waals surface area contributed by atoms with Gasteiger partial charge in [-0.25, -0.2) is 9.97 Å². The van der Waals surface area contributed by atoms with Gasteiger partial charge in [0.1, 0.15) is 18.0 Å². The maximum Gasteiger partial charge on any atom is 0.135 e. The molecule has 1 heterocycles. The van der Waals surface area contributed by atoms with Crippen molar-refractivity contribution in [3.05, 3.63) is 11.9 Å². The molecule has 4 heteroatoms. The van der Waals surface area contributed by atoms with Gasteiger partial charge in [-0.3, -0.25) is 0 Å². The van der Waals surface area contributed by atoms with Crippen LogP contribution in [0.2, 0.25) is 0 Å². The highest BCUT2D eigenvalue weighted by Gasteiger charge is 2.18. The number of rotatable bonds is 4. The minimum absolute atomic E-state index is 0.412. The summed E-state index contributed by atoms with van der Waals surface area (Å²) in [6.07, 6.45) is 11.0. The van der Waals surface area contributed by atoms with E-state index in [0.717, 1.165) is 11.6 Å². The van der Waals surface area contributed by atoms with Crippen LogP contribution in [0, 0.1) is 0 Å². The Morgan fingerprint density at radius 1 is 1.00 bits per heavy atom. The van der Waals surface area contributed by atoms with E-state index in [4.69, 9.17) is 0 Å². The van der Waals surface area contributed by atoms with Gasteiger partial charge in [0.15, 0.2) is 0 Å². The molecule has 0 radical (unpaired) electrons. The molecule has 1 aromatic rings. The van der Waals surface area contributed by atoms with Crippen molar-refractivity contribution in [2.45, 2.75) is 70.8 Å². The summed E-state index contributed by atoms with van der Waals surface area (Å²) in [5.41, 5.74) is 1.21. The van der Waals surface area contributed by atoms with E-state index in [9.17, 15) is 0 Å². The van der Waals surface area contributed by atoms with Gasteiger partial charge in [-0.15, -0.1) is 0 Å². The quantitative estimate of drug-likeness (QED) is 0.866. The number of hydrogen-bond acceptors (Lipinski definition) is 4. The molecule has 1 saturated carbocycles. The van der Waals surface area contributed by atoms with E-state index in [-0.39, 0.29) is 0 Å². The van der Waals surface area contributed by atoms with Gasteiger partial charge in [-0.05, 0) is 18.8 Å². The largest absolute Gasteiger partial charge is 0.373 e. The summed E-state index contributed by atoms with van der Waals surface area (Å²) in [5.74, 6) is 2.38. The monoisotopic (exact) mass is 276 g/mol. The van der Waals surface area contributed by atoms with E-state index in [1.807, 2.05) is 7.05 Å². The molecular weight excluding hydrogens is 248 g/mol. The summed E-state index contributed by atoms with van der Waals surface area (Å²) in [7, 11) is 1.92. The van der Waals surface area contributed by atoms with Gasteiger partial charge in [0, 0.05) is 18.7 Å². The van der Waals surface area contributed by atoms with Gasteiger partial charge in [0.05, 0.1) is 0 Å². The molecule has 0 unspecified atom stereocenters. The van der Waals surface area contributed by atoms with E-state index in [1.54, 1.807) is 6.33 Å². The molecule has 0 aromatic carbocycles. The Morgan fingerprint density at radius 3 is 2.20 bits per heavy atom. The Balaban J connectivity index is 2.14. The minimum Gasteiger partial charge on any atom is -0.373 e. The smallest absolute Gasteiger partial charge is 0.135 e. The van der Waals surface area contributed by atoms with Crippen molar-refractivity contribution in [3.8, 4) is 0 Å². The maximum absolute atomic E-state index is 4.49. The standard InChI is InChI=1S/C16H28N4/c1-12(2)14-15(17-3)18-11-19-16(14)20-13-9-7-5-4-6-8-10-13/h11-13H,4-10H2,1-3H3,(H2,17,18,19,20). The van der Waals surface area contributed by atoms with Crippen molar-refractivity contribution < 1.29 is 0 Å². The van der Waals surface area contributed by atoms with Crippen LogP contribution in [0.15, 0.2) is 6.33 Å². The van der Waals surface area contributed by atoms with Crippen LogP contribution >= 0.6 is 0 Å². The van der Waals surface area contributed by atoms with Crippen molar-refractivity contribution in [3.63, 3.8) is 0 Å². The summed E-state index contributed by atoms with van der Waals surface area (Å²) < 4.78 is 0. The molecular formula is C16H28N4. The first-order valence-electron chi connectivity index (χ1n) is 8.01. The topological polar surface area (TPSA) is 49.8 Å². The lowest BCUT2D eigenvalue weighted by atomic mass is 9.96. The molecule has 2 rings (SSSR count). The second-order valence-electron chi connectivity index (χ2n) is 6.08. The minimum atomic E-state index is 0.412. The lowest BCUT2D eigenvalue weighted by Gasteiger charge is -2.24. The highest BCUT2D eigenvalue weighted by Crippen LogP contribution is 2.30. The van der Waals surface area contributed by atoms with Crippen LogP contribution in [0.25, 0.3) is 0 Å². The van der Waals surface area contributed by atoms with Crippen molar-refractivity contribution in [1.82, 2.24) is 9.97 Å². The lowest BCUT2D eigenvalue weighted by Crippen LogP contribution is -2.23. The van der Waals surface area contributed by atoms with Gasteiger partial charge in [-0.2, -0.15) is 0 Å². The molecule has 0 spiro atoms. The van der Waals surface area contributed by atoms with E-state index in [0.29, 0.717) is 12.0 Å². The fourth-order valence-corrected chi connectivity index (χ4v) is 3.05. The Morgan fingerprint density at radius 2 is 1.60 bits per heavy atom. The first kappa shape index (κ1) is 15.1. The Labute approximate surface area is 122 Å². The lowest BCUT2D eigenvalue weighted by molar-refractivity contribution is 0.470. The number of nitrogens with zero attached hydrogens (tertiary/aromatic N) is 2. The van der Waals surface area contributed by atoms with Crippen LogP contribution in [0.4, 0.5) is 11.6 Å². The summed E-state index contributed by atoms with van der Waals surface area (Å²) in [4.78, 5) is 8.84. The zero-order valence-corrected chi connectivity index (χ0v) is 13.1. The summed E-state index contributed by atoms with van der Waals surface area (Å²) >= 11 is 0. The highest BCUT2D eigenvalue weighted by molar-refractivity contribution is 5.59. The van der Waals surface area contributed by atoms with E-state index in [2.05, 4.69) is 34.4 Å². The molecule has 2 N–H and O–H groups in total. The SMILES string of the molecule is CNc1ncnc(NC2CCCCCCC2)c1C(C)C. The molecule has 1 aliphatic rings. The average Bonchev–Trinajstić information content (AvgIpc) is 2.41. The van der Waals surface area contributed by atoms with Crippen molar-refractivity contribution in [2.24, 2.45) is 0 Å². The summed E-state index contributed by atoms with van der Waals surface area (Å²) in [5, 5.41) is 6.87. The average molecular weight is 276 g/mol. The third kappa shape index (κ3) is 3.84. The number of hydrogen-bond donors (Lipinski definition) is 2. The van der Waals surface area contributed by atoms with Gasteiger partial charge in [-0.1, -0.05) is 46.0 Å². The highest BCUT2D eigenvalue weighted by atomic mass is 15.1. The Hall–Kier alpha value is -1.32. The summed E-state index contributed by atoms with van der Waals surface area (Å²) in [6, 6.07) is 0.562. The van der Waals surface area contributed by atoms with Gasteiger partial charge < -0.3 is 10.6 Å². The van der Waals surface area contributed by atoms with Crippen LogP contribution in [0.1, 0.15) is 70.3 Å². The number of nitrogens with one attached hydrogen (secondary N) is 2. The van der Waals surface area contributed by atoms with Crippen LogP contribution in [-0.4, -0.2) is 23.1 Å². The van der Waals surface area contributed by atoms with Gasteiger partial charge >= 0.3 is 0 Å². The molecule has 112 valence electrons. The first-order valence-corrected chi connectivity index (χ1v) is 8.01. The zero-order valence-electron chi connectivity index (χ0n) is 13.1. The maximum atomic E-state index is 4.49. The normalized spacial score (nSPS) is 17.6. The molecule has 0 bridgehead atoms. The molecule has 1 aromatic heterocycles. The fourth-order valence-electron chi connectivity index (χ4n) is 3.05. The van der Waals surface area contributed by atoms with Crippen molar-refractivity contribution in [1.29, 1.82) is 0 Å². The third-order valence-electron chi connectivity index (χ3n) is 4.14. The number of aromatic nitrogens is 2. The van der Waals surface area contributed by atoms with Gasteiger partial charge in [0.2, 0.25) is 0 Å². The van der Waals surface area contributed by atoms with E-state index >= 15 is 0 Å². The molecule has 0 amide bonds. The molecule has 0 atom stereocenters. The Kier molecular flexibility index (Phi) is 5.62. The second kappa shape index (κ2) is 7.46. The molecule has 0 saturated heterocycles. The van der Waals surface area contributed by atoms with Crippen LogP contribution < -0.4 is 10.6 Å². The van der Waals surface area contributed by atoms with Crippen molar-refractivity contribution >= 4 is 11.6 Å². The first-order chi connectivity index (χ1) is 9.72. The summed E-state index contributed by atoms with van der Waals surface area (Å²) in [6.45, 7) is 4.39. The van der Waals surface area contributed by atoms with E-state index in [1.165, 1.54) is 50.5 Å². The molecule has 20 heavy (non-hydrogen) atoms. The predicted molar refractivity (Wildman–Crippen MR) is 85.4 cm³/mol. The van der Waals surface area contributed by atoms with Crippen molar-refractivity contribution in [2.75, 3.05) is 17.7 Å². The third-order valence-corrected chi connectivity index (χ3v) is 4.14. The molecule has 0 aliphatic heterocycles. The second-order valence-corrected chi connectivity index (χ2v) is 6.08. The fraction of sp³-hybridized carbons (Fsp3) is 0.750. The zero-order chi connectivity index (χ0) is 14.4. The molecule has 4 nitrogen and oxygen atoms in total. The molecule has 1 aliphatic carbocycles. The Bertz CT molecular complexity index is 409. The van der Waals surface area contributed by atoms with Gasteiger partial charge in [0.25, 0.3) is 0 Å². The van der Waals surface area contributed by atoms with E-state index < -0.39 is 0 Å². The van der Waals surface area contributed by atoms with Crippen LogP contribution in [-0.2, 0) is 0 Å². The molecule has 1 fully saturated rings. The predicted octanol–water partition coefficient (Wildman–Crippen LogP) is 4.17.